The lowest BCUT2D eigenvalue weighted by Gasteiger charge is -2.15. The first kappa shape index (κ1) is 15.3. The fourth-order valence-electron chi connectivity index (χ4n) is 2.15. The van der Waals surface area contributed by atoms with E-state index in [9.17, 15) is 8.42 Å². The molecule has 0 aliphatic rings. The van der Waals surface area contributed by atoms with Gasteiger partial charge in [-0.2, -0.15) is 0 Å². The summed E-state index contributed by atoms with van der Waals surface area (Å²) in [6.45, 7) is 1.99. The highest BCUT2D eigenvalue weighted by Gasteiger charge is 2.15. The van der Waals surface area contributed by atoms with E-state index in [2.05, 4.69) is 25.3 Å². The molecule has 2 aromatic heterocycles. The minimum absolute atomic E-state index is 0.0223. The van der Waals surface area contributed by atoms with Gasteiger partial charge in [-0.25, -0.2) is 28.4 Å². The lowest BCUT2D eigenvalue weighted by molar-refractivity contribution is 0.593. The molecular formula is C15H15N5O2S. The number of aromatic nitrogens is 4. The first-order valence-electron chi connectivity index (χ1n) is 6.94. The average molecular weight is 329 g/mol. The van der Waals surface area contributed by atoms with Crippen LogP contribution in [0, 0.1) is 0 Å². The smallest absolute Gasteiger partial charge is 0.247 e. The minimum atomic E-state index is -3.50. The topological polar surface area (TPSA) is 97.7 Å². The standard InChI is InChI=1S/C15H15N5O2S/c1-10(11-6-4-3-5-7-11)19-14-13-12(17-9-18-14)8-16-15(20-13)23(2,21)22/h3-10H,1-2H3,(H,17,18,19). The Morgan fingerprint density at radius 2 is 1.83 bits per heavy atom. The molecule has 1 aromatic carbocycles. The largest absolute Gasteiger partial charge is 0.362 e. The number of hydrogen-bond acceptors (Lipinski definition) is 7. The predicted molar refractivity (Wildman–Crippen MR) is 86.7 cm³/mol. The molecule has 1 unspecified atom stereocenters. The van der Waals surface area contributed by atoms with Crippen LogP contribution in [0.4, 0.5) is 5.82 Å². The summed E-state index contributed by atoms with van der Waals surface area (Å²) in [7, 11) is -3.50. The van der Waals surface area contributed by atoms with E-state index in [1.165, 1.54) is 12.5 Å². The van der Waals surface area contributed by atoms with Gasteiger partial charge in [0.25, 0.3) is 0 Å². The Morgan fingerprint density at radius 1 is 1.09 bits per heavy atom. The van der Waals surface area contributed by atoms with Crippen LogP contribution in [0.25, 0.3) is 11.0 Å². The van der Waals surface area contributed by atoms with E-state index >= 15 is 0 Å². The number of hydrogen-bond donors (Lipinski definition) is 1. The number of benzene rings is 1. The molecule has 8 heteroatoms. The second-order valence-corrected chi connectivity index (χ2v) is 7.07. The maximum absolute atomic E-state index is 11.6. The van der Waals surface area contributed by atoms with Crippen molar-refractivity contribution in [3.05, 3.63) is 48.4 Å². The van der Waals surface area contributed by atoms with Gasteiger partial charge in [-0.1, -0.05) is 30.3 Å². The van der Waals surface area contributed by atoms with Crippen molar-refractivity contribution in [1.82, 2.24) is 19.9 Å². The number of sulfone groups is 1. The molecule has 0 aliphatic heterocycles. The van der Waals surface area contributed by atoms with Crippen LogP contribution >= 0.6 is 0 Å². The highest BCUT2D eigenvalue weighted by Crippen LogP contribution is 2.22. The van der Waals surface area contributed by atoms with Crippen LogP contribution in [-0.4, -0.2) is 34.6 Å². The van der Waals surface area contributed by atoms with Crippen LogP contribution in [0.1, 0.15) is 18.5 Å². The molecule has 0 spiro atoms. The van der Waals surface area contributed by atoms with Crippen molar-refractivity contribution in [2.75, 3.05) is 11.6 Å². The summed E-state index contributed by atoms with van der Waals surface area (Å²) in [5, 5.41) is 3.00. The van der Waals surface area contributed by atoms with Crippen LogP contribution in [-0.2, 0) is 9.84 Å². The third-order valence-corrected chi connectivity index (χ3v) is 4.20. The Kier molecular flexibility index (Phi) is 3.91. The molecule has 3 aromatic rings. The first-order chi connectivity index (χ1) is 10.9. The van der Waals surface area contributed by atoms with E-state index in [0.717, 1.165) is 11.8 Å². The molecule has 0 saturated heterocycles. The highest BCUT2D eigenvalue weighted by atomic mass is 32.2. The summed E-state index contributed by atoms with van der Waals surface area (Å²) in [6, 6.07) is 9.83. The van der Waals surface area contributed by atoms with Gasteiger partial charge in [0.15, 0.2) is 5.82 Å². The van der Waals surface area contributed by atoms with Gasteiger partial charge in [-0.05, 0) is 12.5 Å². The molecule has 1 atom stereocenters. The molecule has 0 fully saturated rings. The van der Waals surface area contributed by atoms with Gasteiger partial charge in [0.1, 0.15) is 17.4 Å². The Bertz CT molecular complexity index is 944. The molecule has 118 valence electrons. The summed E-state index contributed by atoms with van der Waals surface area (Å²) >= 11 is 0. The number of anilines is 1. The molecule has 0 radical (unpaired) electrons. The van der Waals surface area contributed by atoms with Gasteiger partial charge in [-0.15, -0.1) is 0 Å². The summed E-state index contributed by atoms with van der Waals surface area (Å²) in [5.41, 5.74) is 1.94. The molecule has 23 heavy (non-hydrogen) atoms. The number of fused-ring (bicyclic) bond motifs is 1. The maximum Gasteiger partial charge on any atom is 0.247 e. The van der Waals surface area contributed by atoms with Crippen LogP contribution in [0.5, 0.6) is 0 Å². The van der Waals surface area contributed by atoms with Gasteiger partial charge >= 0.3 is 0 Å². The van der Waals surface area contributed by atoms with Crippen LogP contribution in [0.15, 0.2) is 48.0 Å². The Morgan fingerprint density at radius 3 is 2.52 bits per heavy atom. The fourth-order valence-corrected chi connectivity index (χ4v) is 2.65. The number of nitrogens with one attached hydrogen (secondary N) is 1. The van der Waals surface area contributed by atoms with Crippen molar-refractivity contribution in [2.24, 2.45) is 0 Å². The molecule has 0 aliphatic carbocycles. The minimum Gasteiger partial charge on any atom is -0.362 e. The van der Waals surface area contributed by atoms with E-state index in [1.54, 1.807) is 0 Å². The van der Waals surface area contributed by atoms with Crippen LogP contribution < -0.4 is 5.32 Å². The molecule has 0 bridgehead atoms. The van der Waals surface area contributed by atoms with Gasteiger partial charge in [0, 0.05) is 6.26 Å². The van der Waals surface area contributed by atoms with E-state index < -0.39 is 9.84 Å². The summed E-state index contributed by atoms with van der Waals surface area (Å²) in [5.74, 6) is 0.471. The maximum atomic E-state index is 11.6. The van der Waals surface area contributed by atoms with E-state index in [1.807, 2.05) is 37.3 Å². The molecule has 0 saturated carbocycles. The Balaban J connectivity index is 2.03. The fraction of sp³-hybridized carbons (Fsp3) is 0.200. The zero-order valence-corrected chi connectivity index (χ0v) is 13.4. The third kappa shape index (κ3) is 3.26. The molecule has 0 amide bonds. The van der Waals surface area contributed by atoms with Crippen molar-refractivity contribution >= 4 is 26.7 Å². The summed E-state index contributed by atoms with van der Waals surface area (Å²) < 4.78 is 23.3. The molecule has 7 nitrogen and oxygen atoms in total. The van der Waals surface area contributed by atoms with E-state index in [-0.39, 0.29) is 11.2 Å². The van der Waals surface area contributed by atoms with Crippen molar-refractivity contribution in [2.45, 2.75) is 18.1 Å². The van der Waals surface area contributed by atoms with Crippen molar-refractivity contribution in [3.8, 4) is 0 Å². The van der Waals surface area contributed by atoms with Crippen LogP contribution in [0.3, 0.4) is 0 Å². The Labute approximate surface area is 133 Å². The lowest BCUT2D eigenvalue weighted by atomic mass is 10.1. The van der Waals surface area contributed by atoms with Gasteiger partial charge in [0.05, 0.1) is 12.2 Å². The second kappa shape index (κ2) is 5.88. The lowest BCUT2D eigenvalue weighted by Crippen LogP contribution is -2.10. The van der Waals surface area contributed by atoms with Gasteiger partial charge in [0.2, 0.25) is 15.0 Å². The molecule has 2 heterocycles. The SMILES string of the molecule is CC(Nc1ncnc2cnc(S(C)(=O)=O)nc12)c1ccccc1. The summed E-state index contributed by atoms with van der Waals surface area (Å²) in [6.07, 6.45) is 3.85. The number of rotatable bonds is 4. The van der Waals surface area contributed by atoms with Crippen LogP contribution in [0.2, 0.25) is 0 Å². The zero-order valence-electron chi connectivity index (χ0n) is 12.6. The third-order valence-electron chi connectivity index (χ3n) is 3.34. The predicted octanol–water partition coefficient (Wildman–Crippen LogP) is 2.00. The molecule has 3 rings (SSSR count). The van der Waals surface area contributed by atoms with Gasteiger partial charge < -0.3 is 5.32 Å². The van der Waals surface area contributed by atoms with E-state index in [0.29, 0.717) is 16.9 Å². The van der Waals surface area contributed by atoms with E-state index in [4.69, 9.17) is 0 Å². The number of nitrogens with zero attached hydrogens (tertiary/aromatic N) is 4. The average Bonchev–Trinajstić information content (AvgIpc) is 2.54. The van der Waals surface area contributed by atoms with Crippen molar-refractivity contribution in [3.63, 3.8) is 0 Å². The first-order valence-corrected chi connectivity index (χ1v) is 8.83. The summed E-state index contributed by atoms with van der Waals surface area (Å²) in [4.78, 5) is 16.2. The normalized spacial score (nSPS) is 13.0. The highest BCUT2D eigenvalue weighted by molar-refractivity contribution is 7.90. The molecule has 1 N–H and O–H groups in total. The van der Waals surface area contributed by atoms with Gasteiger partial charge in [-0.3, -0.25) is 0 Å². The monoisotopic (exact) mass is 329 g/mol. The second-order valence-electron chi connectivity index (χ2n) is 5.16. The quantitative estimate of drug-likeness (QED) is 0.731. The van der Waals surface area contributed by atoms with Crippen molar-refractivity contribution in [1.29, 1.82) is 0 Å². The Hall–Kier alpha value is -2.61. The zero-order chi connectivity index (χ0) is 16.4. The molecular weight excluding hydrogens is 314 g/mol. The van der Waals surface area contributed by atoms with Crippen molar-refractivity contribution < 1.29 is 8.42 Å².